The molecule has 21 heavy (non-hydrogen) atoms. The molecule has 0 bridgehead atoms. The van der Waals surface area contributed by atoms with Gasteiger partial charge in [-0.05, 0) is 38.8 Å². The number of para-hydroxylation sites is 2. The van der Waals surface area contributed by atoms with Gasteiger partial charge in [-0.1, -0.05) is 31.4 Å². The summed E-state index contributed by atoms with van der Waals surface area (Å²) < 4.78 is 5.57. The van der Waals surface area contributed by atoms with Crippen LogP contribution in [0.3, 0.4) is 0 Å². The Bertz CT molecular complexity index is 456. The van der Waals surface area contributed by atoms with Crippen LogP contribution < -0.4 is 15.4 Å². The summed E-state index contributed by atoms with van der Waals surface area (Å²) in [4.78, 5) is 12.3. The molecule has 1 amide bonds. The van der Waals surface area contributed by atoms with Crippen molar-refractivity contribution in [1.29, 1.82) is 0 Å². The van der Waals surface area contributed by atoms with Crippen LogP contribution in [0.1, 0.15) is 46.0 Å². The smallest absolute Gasteiger partial charge is 0.242 e. The standard InChI is InChI=1S/C17H26N2O2/c1-3-21-16-12-8-7-11-15(16)18-13(2)17(20)19-14-9-5-4-6-10-14/h7-8,11-14,18H,3-6,9-10H2,1-2H3,(H,19,20). The minimum absolute atomic E-state index is 0.0631. The van der Waals surface area contributed by atoms with Gasteiger partial charge in [-0.2, -0.15) is 0 Å². The molecule has 4 heteroatoms. The topological polar surface area (TPSA) is 50.4 Å². The Morgan fingerprint density at radius 3 is 2.71 bits per heavy atom. The number of amides is 1. The molecule has 0 heterocycles. The zero-order valence-corrected chi connectivity index (χ0v) is 13.0. The van der Waals surface area contributed by atoms with Gasteiger partial charge in [0.2, 0.25) is 5.91 Å². The van der Waals surface area contributed by atoms with Crippen LogP contribution in [0.15, 0.2) is 24.3 Å². The molecule has 1 unspecified atom stereocenters. The van der Waals surface area contributed by atoms with E-state index in [9.17, 15) is 4.79 Å². The van der Waals surface area contributed by atoms with Crippen molar-refractivity contribution in [2.45, 2.75) is 58.0 Å². The van der Waals surface area contributed by atoms with Gasteiger partial charge in [0.05, 0.1) is 12.3 Å². The molecule has 2 N–H and O–H groups in total. The first-order valence-corrected chi connectivity index (χ1v) is 7.99. The molecule has 1 aromatic carbocycles. The monoisotopic (exact) mass is 290 g/mol. The molecule has 0 radical (unpaired) electrons. The first-order valence-electron chi connectivity index (χ1n) is 7.99. The zero-order chi connectivity index (χ0) is 15.1. The van der Waals surface area contributed by atoms with Gasteiger partial charge in [0.25, 0.3) is 0 Å². The molecule has 1 aliphatic carbocycles. The molecule has 2 rings (SSSR count). The van der Waals surface area contributed by atoms with Crippen LogP contribution in [0.2, 0.25) is 0 Å². The third-order valence-electron chi connectivity index (χ3n) is 3.90. The molecule has 0 saturated heterocycles. The lowest BCUT2D eigenvalue weighted by atomic mass is 9.95. The summed E-state index contributed by atoms with van der Waals surface area (Å²) in [6.45, 7) is 4.46. The third-order valence-corrected chi connectivity index (χ3v) is 3.90. The van der Waals surface area contributed by atoms with Crippen LogP contribution in [0.5, 0.6) is 5.75 Å². The summed E-state index contributed by atoms with van der Waals surface area (Å²) in [7, 11) is 0. The van der Waals surface area contributed by atoms with E-state index < -0.39 is 0 Å². The van der Waals surface area contributed by atoms with E-state index in [4.69, 9.17) is 4.74 Å². The lowest BCUT2D eigenvalue weighted by molar-refractivity contribution is -0.122. The summed E-state index contributed by atoms with van der Waals surface area (Å²) in [6, 6.07) is 7.80. The average molecular weight is 290 g/mol. The lowest BCUT2D eigenvalue weighted by Crippen LogP contribution is -2.44. The number of nitrogens with one attached hydrogen (secondary N) is 2. The van der Waals surface area contributed by atoms with E-state index in [1.807, 2.05) is 38.1 Å². The van der Waals surface area contributed by atoms with Crippen LogP contribution in [0, 0.1) is 0 Å². The van der Waals surface area contributed by atoms with Gasteiger partial charge in [0.1, 0.15) is 11.8 Å². The highest BCUT2D eigenvalue weighted by molar-refractivity contribution is 5.85. The number of hydrogen-bond acceptors (Lipinski definition) is 3. The van der Waals surface area contributed by atoms with E-state index in [1.54, 1.807) is 0 Å². The molecule has 1 atom stereocenters. The minimum atomic E-state index is -0.270. The predicted octanol–water partition coefficient (Wildman–Crippen LogP) is 3.33. The number of anilines is 1. The first kappa shape index (κ1) is 15.7. The maximum absolute atomic E-state index is 12.3. The van der Waals surface area contributed by atoms with Crippen molar-refractivity contribution in [3.05, 3.63) is 24.3 Å². The van der Waals surface area contributed by atoms with Crippen molar-refractivity contribution in [2.75, 3.05) is 11.9 Å². The van der Waals surface area contributed by atoms with Gasteiger partial charge in [-0.25, -0.2) is 0 Å². The van der Waals surface area contributed by atoms with Crippen molar-refractivity contribution in [3.8, 4) is 5.75 Å². The molecule has 116 valence electrons. The number of carbonyl (C=O) groups excluding carboxylic acids is 1. The van der Waals surface area contributed by atoms with Crippen LogP contribution in [0.25, 0.3) is 0 Å². The number of benzene rings is 1. The summed E-state index contributed by atoms with van der Waals surface area (Å²) in [6.07, 6.45) is 5.95. The Morgan fingerprint density at radius 2 is 2.00 bits per heavy atom. The molecular weight excluding hydrogens is 264 g/mol. The SMILES string of the molecule is CCOc1ccccc1NC(C)C(=O)NC1CCCCC1. The van der Waals surface area contributed by atoms with E-state index in [0.29, 0.717) is 12.6 Å². The lowest BCUT2D eigenvalue weighted by Gasteiger charge is -2.25. The minimum Gasteiger partial charge on any atom is -0.492 e. The van der Waals surface area contributed by atoms with Crippen LogP contribution >= 0.6 is 0 Å². The van der Waals surface area contributed by atoms with Crippen molar-refractivity contribution >= 4 is 11.6 Å². The highest BCUT2D eigenvalue weighted by atomic mass is 16.5. The van der Waals surface area contributed by atoms with E-state index in [0.717, 1.165) is 24.3 Å². The first-order chi connectivity index (χ1) is 10.2. The van der Waals surface area contributed by atoms with Crippen molar-refractivity contribution in [2.24, 2.45) is 0 Å². The molecule has 4 nitrogen and oxygen atoms in total. The summed E-state index contributed by atoms with van der Waals surface area (Å²) in [5, 5.41) is 6.40. The maximum atomic E-state index is 12.3. The Balaban J connectivity index is 1.90. The van der Waals surface area contributed by atoms with Crippen LogP contribution in [0.4, 0.5) is 5.69 Å². The second-order valence-corrected chi connectivity index (χ2v) is 5.64. The van der Waals surface area contributed by atoms with E-state index in [2.05, 4.69) is 10.6 Å². The largest absolute Gasteiger partial charge is 0.492 e. The molecule has 0 aromatic heterocycles. The van der Waals surface area contributed by atoms with Crippen molar-refractivity contribution in [1.82, 2.24) is 5.32 Å². The molecule has 1 saturated carbocycles. The second kappa shape index (κ2) is 7.91. The number of hydrogen-bond donors (Lipinski definition) is 2. The number of ether oxygens (including phenoxy) is 1. The van der Waals surface area contributed by atoms with Crippen molar-refractivity contribution in [3.63, 3.8) is 0 Å². The van der Waals surface area contributed by atoms with Crippen molar-refractivity contribution < 1.29 is 9.53 Å². The van der Waals surface area contributed by atoms with E-state index in [1.165, 1.54) is 19.3 Å². The van der Waals surface area contributed by atoms with Crippen LogP contribution in [-0.2, 0) is 4.79 Å². The molecule has 1 fully saturated rings. The molecular formula is C17H26N2O2. The van der Waals surface area contributed by atoms with E-state index >= 15 is 0 Å². The van der Waals surface area contributed by atoms with Gasteiger partial charge in [-0.3, -0.25) is 4.79 Å². The number of rotatable bonds is 6. The van der Waals surface area contributed by atoms with Gasteiger partial charge in [-0.15, -0.1) is 0 Å². The van der Waals surface area contributed by atoms with Gasteiger partial charge in [0.15, 0.2) is 0 Å². The normalized spacial score (nSPS) is 17.0. The summed E-state index contributed by atoms with van der Waals surface area (Å²) >= 11 is 0. The second-order valence-electron chi connectivity index (χ2n) is 5.64. The quantitative estimate of drug-likeness (QED) is 0.845. The van der Waals surface area contributed by atoms with Gasteiger partial charge in [0, 0.05) is 6.04 Å². The van der Waals surface area contributed by atoms with Gasteiger partial charge < -0.3 is 15.4 Å². The Morgan fingerprint density at radius 1 is 1.29 bits per heavy atom. The predicted molar refractivity (Wildman–Crippen MR) is 85.7 cm³/mol. The average Bonchev–Trinajstić information content (AvgIpc) is 2.50. The molecule has 1 aromatic rings. The highest BCUT2D eigenvalue weighted by Crippen LogP contribution is 2.24. The molecule has 0 spiro atoms. The number of carbonyl (C=O) groups is 1. The summed E-state index contributed by atoms with van der Waals surface area (Å²) in [5.74, 6) is 0.852. The Kier molecular flexibility index (Phi) is 5.90. The zero-order valence-electron chi connectivity index (χ0n) is 13.0. The highest BCUT2D eigenvalue weighted by Gasteiger charge is 2.20. The van der Waals surface area contributed by atoms with Crippen LogP contribution in [-0.4, -0.2) is 24.6 Å². The maximum Gasteiger partial charge on any atom is 0.242 e. The summed E-state index contributed by atoms with van der Waals surface area (Å²) in [5.41, 5.74) is 0.866. The van der Waals surface area contributed by atoms with Gasteiger partial charge >= 0.3 is 0 Å². The molecule has 0 aliphatic heterocycles. The van der Waals surface area contributed by atoms with E-state index in [-0.39, 0.29) is 11.9 Å². The fourth-order valence-corrected chi connectivity index (χ4v) is 2.74. The Hall–Kier alpha value is -1.71. The Labute approximate surface area is 127 Å². The fraction of sp³-hybridized carbons (Fsp3) is 0.588. The fourth-order valence-electron chi connectivity index (χ4n) is 2.74. The third kappa shape index (κ3) is 4.66. The molecule has 1 aliphatic rings.